The highest BCUT2D eigenvalue weighted by molar-refractivity contribution is 5.28. The maximum Gasteiger partial charge on any atom is 0.217 e. The van der Waals surface area contributed by atoms with Crippen LogP contribution in [0.15, 0.2) is 18.3 Å². The largest absolute Gasteiger partial charge is 0.481 e. The van der Waals surface area contributed by atoms with Crippen molar-refractivity contribution in [1.82, 2.24) is 15.6 Å². The van der Waals surface area contributed by atoms with Gasteiger partial charge in [0.1, 0.15) is 0 Å². The molecule has 1 aromatic heterocycles. The maximum atomic E-state index is 5.21. The SMILES string of the molecule is CNCCN[C@H](C)c1cccnc1OC. The molecule has 0 saturated carbocycles. The van der Waals surface area contributed by atoms with Crippen molar-refractivity contribution in [2.45, 2.75) is 13.0 Å². The molecule has 4 heteroatoms. The van der Waals surface area contributed by atoms with E-state index in [0.717, 1.165) is 18.7 Å². The second-order valence-corrected chi connectivity index (χ2v) is 3.38. The van der Waals surface area contributed by atoms with Crippen LogP contribution >= 0.6 is 0 Å². The highest BCUT2D eigenvalue weighted by Gasteiger charge is 2.10. The summed E-state index contributed by atoms with van der Waals surface area (Å²) in [5.74, 6) is 0.696. The van der Waals surface area contributed by atoms with Crippen LogP contribution in [-0.4, -0.2) is 32.2 Å². The molecule has 0 unspecified atom stereocenters. The van der Waals surface area contributed by atoms with E-state index in [2.05, 4.69) is 22.5 Å². The summed E-state index contributed by atoms with van der Waals surface area (Å²) in [7, 11) is 3.59. The molecule has 1 aromatic rings. The highest BCUT2D eigenvalue weighted by atomic mass is 16.5. The summed E-state index contributed by atoms with van der Waals surface area (Å²) in [6.45, 7) is 3.98. The lowest BCUT2D eigenvalue weighted by Gasteiger charge is -2.16. The molecule has 15 heavy (non-hydrogen) atoms. The Morgan fingerprint density at radius 1 is 1.47 bits per heavy atom. The number of aromatic nitrogens is 1. The number of pyridine rings is 1. The van der Waals surface area contributed by atoms with Crippen molar-refractivity contribution in [2.24, 2.45) is 0 Å². The molecule has 0 aromatic carbocycles. The Kier molecular flexibility index (Phi) is 5.07. The zero-order valence-corrected chi connectivity index (χ0v) is 9.58. The molecule has 0 spiro atoms. The second-order valence-electron chi connectivity index (χ2n) is 3.38. The number of hydrogen-bond acceptors (Lipinski definition) is 4. The summed E-state index contributed by atoms with van der Waals surface area (Å²) < 4.78 is 5.21. The van der Waals surface area contributed by atoms with Crippen LogP contribution in [0, 0.1) is 0 Å². The molecule has 0 bridgehead atoms. The first-order valence-corrected chi connectivity index (χ1v) is 5.16. The number of methoxy groups -OCH3 is 1. The van der Waals surface area contributed by atoms with E-state index in [1.165, 1.54) is 0 Å². The first-order valence-electron chi connectivity index (χ1n) is 5.16. The van der Waals surface area contributed by atoms with E-state index in [0.29, 0.717) is 5.88 Å². The van der Waals surface area contributed by atoms with Gasteiger partial charge in [0.15, 0.2) is 0 Å². The molecule has 0 saturated heterocycles. The van der Waals surface area contributed by atoms with Crippen molar-refractivity contribution < 1.29 is 4.74 Å². The van der Waals surface area contributed by atoms with Gasteiger partial charge in [-0.3, -0.25) is 0 Å². The lowest BCUT2D eigenvalue weighted by Crippen LogP contribution is -2.27. The van der Waals surface area contributed by atoms with Gasteiger partial charge in [-0.15, -0.1) is 0 Å². The molecule has 0 aliphatic heterocycles. The van der Waals surface area contributed by atoms with Crippen molar-refractivity contribution in [3.05, 3.63) is 23.9 Å². The van der Waals surface area contributed by atoms with Crippen LogP contribution in [0.25, 0.3) is 0 Å². The van der Waals surface area contributed by atoms with Gasteiger partial charge in [0.25, 0.3) is 0 Å². The molecule has 0 radical (unpaired) electrons. The zero-order chi connectivity index (χ0) is 11.1. The molecule has 0 fully saturated rings. The van der Waals surface area contributed by atoms with Crippen LogP contribution in [-0.2, 0) is 0 Å². The summed E-state index contributed by atoms with van der Waals surface area (Å²) in [6.07, 6.45) is 1.74. The van der Waals surface area contributed by atoms with Crippen LogP contribution in [0.5, 0.6) is 5.88 Å². The summed E-state index contributed by atoms with van der Waals surface area (Å²) in [5, 5.41) is 6.49. The van der Waals surface area contributed by atoms with Crippen molar-refractivity contribution in [1.29, 1.82) is 0 Å². The number of ether oxygens (including phenoxy) is 1. The quantitative estimate of drug-likeness (QED) is 0.685. The standard InChI is InChI=1S/C11H19N3O/c1-9(13-8-7-12-2)10-5-4-6-14-11(10)15-3/h4-6,9,12-13H,7-8H2,1-3H3/t9-/m1/s1. The van der Waals surface area contributed by atoms with E-state index in [1.807, 2.05) is 19.2 Å². The average molecular weight is 209 g/mol. The smallest absolute Gasteiger partial charge is 0.217 e. The maximum absolute atomic E-state index is 5.21. The van der Waals surface area contributed by atoms with Crippen LogP contribution in [0.3, 0.4) is 0 Å². The number of likely N-dealkylation sites (N-methyl/N-ethyl adjacent to an activating group) is 1. The van der Waals surface area contributed by atoms with Crippen LogP contribution in [0.4, 0.5) is 0 Å². The van der Waals surface area contributed by atoms with E-state index in [-0.39, 0.29) is 6.04 Å². The topological polar surface area (TPSA) is 46.2 Å². The third-order valence-corrected chi connectivity index (χ3v) is 2.29. The third-order valence-electron chi connectivity index (χ3n) is 2.29. The van der Waals surface area contributed by atoms with Gasteiger partial charge in [0.05, 0.1) is 7.11 Å². The van der Waals surface area contributed by atoms with E-state index >= 15 is 0 Å². The minimum Gasteiger partial charge on any atom is -0.481 e. The van der Waals surface area contributed by atoms with Crippen molar-refractivity contribution in [2.75, 3.05) is 27.2 Å². The monoisotopic (exact) mass is 209 g/mol. The van der Waals surface area contributed by atoms with Gasteiger partial charge < -0.3 is 15.4 Å². The van der Waals surface area contributed by atoms with E-state index in [9.17, 15) is 0 Å². The fraction of sp³-hybridized carbons (Fsp3) is 0.545. The predicted octanol–water partition coefficient (Wildman–Crippen LogP) is 0.960. The molecule has 1 atom stereocenters. The summed E-state index contributed by atoms with van der Waals surface area (Å²) >= 11 is 0. The highest BCUT2D eigenvalue weighted by Crippen LogP contribution is 2.21. The lowest BCUT2D eigenvalue weighted by atomic mass is 10.1. The first kappa shape index (κ1) is 11.9. The van der Waals surface area contributed by atoms with Gasteiger partial charge in [-0.25, -0.2) is 4.98 Å². The minimum atomic E-state index is 0.252. The van der Waals surface area contributed by atoms with Gasteiger partial charge in [-0.2, -0.15) is 0 Å². The van der Waals surface area contributed by atoms with Gasteiger partial charge in [0.2, 0.25) is 5.88 Å². The number of rotatable bonds is 6. The van der Waals surface area contributed by atoms with E-state index in [1.54, 1.807) is 13.3 Å². The summed E-state index contributed by atoms with van der Waals surface area (Å²) in [4.78, 5) is 4.17. The predicted molar refractivity (Wildman–Crippen MR) is 61.1 cm³/mol. The summed E-state index contributed by atoms with van der Waals surface area (Å²) in [6, 6.07) is 4.21. The Morgan fingerprint density at radius 2 is 2.27 bits per heavy atom. The Morgan fingerprint density at radius 3 is 2.93 bits per heavy atom. The molecule has 1 rings (SSSR count). The Hall–Kier alpha value is -1.13. The lowest BCUT2D eigenvalue weighted by molar-refractivity contribution is 0.385. The van der Waals surface area contributed by atoms with E-state index in [4.69, 9.17) is 4.74 Å². The molecule has 84 valence electrons. The Balaban J connectivity index is 2.59. The van der Waals surface area contributed by atoms with Crippen LogP contribution in [0.2, 0.25) is 0 Å². The number of hydrogen-bond donors (Lipinski definition) is 2. The Labute approximate surface area is 91.1 Å². The van der Waals surface area contributed by atoms with Gasteiger partial charge in [-0.1, -0.05) is 6.07 Å². The number of nitrogens with zero attached hydrogens (tertiary/aromatic N) is 1. The molecule has 0 aliphatic carbocycles. The molecular weight excluding hydrogens is 190 g/mol. The fourth-order valence-corrected chi connectivity index (χ4v) is 1.43. The molecule has 0 amide bonds. The van der Waals surface area contributed by atoms with Gasteiger partial charge in [0, 0.05) is 30.9 Å². The van der Waals surface area contributed by atoms with Gasteiger partial charge >= 0.3 is 0 Å². The van der Waals surface area contributed by atoms with Crippen LogP contribution in [0.1, 0.15) is 18.5 Å². The molecule has 1 heterocycles. The van der Waals surface area contributed by atoms with Crippen molar-refractivity contribution >= 4 is 0 Å². The molecule has 2 N–H and O–H groups in total. The van der Waals surface area contributed by atoms with Gasteiger partial charge in [-0.05, 0) is 20.0 Å². The average Bonchev–Trinajstić information content (AvgIpc) is 2.29. The zero-order valence-electron chi connectivity index (χ0n) is 9.58. The molecule has 4 nitrogen and oxygen atoms in total. The normalized spacial score (nSPS) is 12.5. The fourth-order valence-electron chi connectivity index (χ4n) is 1.43. The Bertz CT molecular complexity index is 291. The van der Waals surface area contributed by atoms with Crippen molar-refractivity contribution in [3.8, 4) is 5.88 Å². The minimum absolute atomic E-state index is 0.252. The number of nitrogens with one attached hydrogen (secondary N) is 2. The first-order chi connectivity index (χ1) is 7.29. The molecular formula is C11H19N3O. The second kappa shape index (κ2) is 6.37. The summed E-state index contributed by atoms with van der Waals surface area (Å²) in [5.41, 5.74) is 1.09. The third kappa shape index (κ3) is 3.49. The molecule has 0 aliphatic rings. The van der Waals surface area contributed by atoms with E-state index < -0.39 is 0 Å². The van der Waals surface area contributed by atoms with Crippen molar-refractivity contribution in [3.63, 3.8) is 0 Å². The van der Waals surface area contributed by atoms with Crippen LogP contribution < -0.4 is 15.4 Å².